The van der Waals surface area contributed by atoms with Crippen molar-refractivity contribution in [3.05, 3.63) is 6.43 Å². The minimum Gasteiger partial charge on any atom is -0.223 e. The predicted octanol–water partition coefficient (Wildman–Crippen LogP) is 4.76. The molecule has 1 atom stereocenters. The Bertz CT molecular complexity index is 280. The SMILES string of the molecule is CCCC(F)(F)C(F)([C](F)F)C(F)(F)C(F)(F)F. The lowest BCUT2D eigenvalue weighted by atomic mass is 9.87. The van der Waals surface area contributed by atoms with E-state index in [-0.39, 0.29) is 0 Å². The standard InChI is InChI=1S/C8H7F10/c1-2-3-5(11,12)6(13,4(9)10)7(14,15)8(16,17)18/h2-3H2,1H3. The zero-order chi connectivity index (χ0) is 15.0. The summed E-state index contributed by atoms with van der Waals surface area (Å²) < 4.78 is 123. The van der Waals surface area contributed by atoms with Gasteiger partial charge < -0.3 is 0 Å². The van der Waals surface area contributed by atoms with Crippen LogP contribution in [0, 0.1) is 6.43 Å². The van der Waals surface area contributed by atoms with Crippen LogP contribution in [0.1, 0.15) is 19.8 Å². The average molecular weight is 293 g/mol. The minimum absolute atomic E-state index is 0.764. The van der Waals surface area contributed by atoms with Crippen LogP contribution in [0.2, 0.25) is 0 Å². The first-order chi connectivity index (χ1) is 7.75. The Labute approximate surface area is 94.9 Å². The van der Waals surface area contributed by atoms with Crippen molar-refractivity contribution < 1.29 is 43.9 Å². The largest absolute Gasteiger partial charge is 0.457 e. The first-order valence-electron chi connectivity index (χ1n) is 4.45. The molecule has 0 saturated heterocycles. The summed E-state index contributed by atoms with van der Waals surface area (Å²) in [5.41, 5.74) is -6.38. The highest BCUT2D eigenvalue weighted by Crippen LogP contribution is 2.58. The Morgan fingerprint density at radius 2 is 1.22 bits per heavy atom. The molecule has 0 aromatic carbocycles. The molecule has 0 aliphatic carbocycles. The molecule has 0 amide bonds. The fourth-order valence-corrected chi connectivity index (χ4v) is 1.17. The van der Waals surface area contributed by atoms with Crippen LogP contribution in [0.15, 0.2) is 0 Å². The summed E-state index contributed by atoms with van der Waals surface area (Å²) in [5.74, 6) is -12.5. The maximum Gasteiger partial charge on any atom is 0.457 e. The summed E-state index contributed by atoms with van der Waals surface area (Å²) in [6, 6.07) is 0. The summed E-state index contributed by atoms with van der Waals surface area (Å²) in [6.07, 6.45) is -13.8. The third-order valence-corrected chi connectivity index (χ3v) is 2.12. The molecular formula is C8H7F10. The molecule has 109 valence electrons. The van der Waals surface area contributed by atoms with Crippen molar-refractivity contribution in [2.24, 2.45) is 0 Å². The van der Waals surface area contributed by atoms with Crippen molar-refractivity contribution in [1.82, 2.24) is 0 Å². The van der Waals surface area contributed by atoms with Gasteiger partial charge in [0.2, 0.25) is 0 Å². The molecule has 0 aliphatic rings. The average Bonchev–Trinajstić information content (AvgIpc) is 2.13. The molecule has 0 nitrogen and oxygen atoms in total. The van der Waals surface area contributed by atoms with Gasteiger partial charge in [-0.25, -0.2) is 13.2 Å². The van der Waals surface area contributed by atoms with Crippen LogP contribution in [-0.4, -0.2) is 23.7 Å². The molecule has 0 spiro atoms. The van der Waals surface area contributed by atoms with E-state index in [1.807, 2.05) is 0 Å². The second-order valence-corrected chi connectivity index (χ2v) is 3.45. The Kier molecular flexibility index (Phi) is 4.58. The highest BCUT2D eigenvalue weighted by molar-refractivity contribution is 5.15. The smallest absolute Gasteiger partial charge is 0.223 e. The van der Waals surface area contributed by atoms with Gasteiger partial charge in [0.25, 0.3) is 5.92 Å². The van der Waals surface area contributed by atoms with Crippen LogP contribution in [0.4, 0.5) is 43.9 Å². The fraction of sp³-hybridized carbons (Fsp3) is 0.875. The predicted molar refractivity (Wildman–Crippen MR) is 40.2 cm³/mol. The van der Waals surface area contributed by atoms with Gasteiger partial charge in [0.05, 0.1) is 0 Å². The monoisotopic (exact) mass is 293 g/mol. The van der Waals surface area contributed by atoms with E-state index < -0.39 is 43.0 Å². The molecule has 0 saturated carbocycles. The van der Waals surface area contributed by atoms with Crippen LogP contribution in [0.3, 0.4) is 0 Å². The summed E-state index contributed by atoms with van der Waals surface area (Å²) in [7, 11) is 0. The first-order valence-corrected chi connectivity index (χ1v) is 4.45. The second kappa shape index (κ2) is 4.76. The Balaban J connectivity index is 5.84. The second-order valence-electron chi connectivity index (χ2n) is 3.45. The maximum absolute atomic E-state index is 13.1. The third kappa shape index (κ3) is 2.37. The summed E-state index contributed by atoms with van der Waals surface area (Å²) >= 11 is 0. The van der Waals surface area contributed by atoms with Crippen molar-refractivity contribution in [3.8, 4) is 0 Å². The Morgan fingerprint density at radius 3 is 1.44 bits per heavy atom. The molecule has 0 fully saturated rings. The Hall–Kier alpha value is -0.700. The van der Waals surface area contributed by atoms with Gasteiger partial charge in [0, 0.05) is 6.42 Å². The van der Waals surface area contributed by atoms with Crippen LogP contribution in [0.5, 0.6) is 0 Å². The number of rotatable bonds is 5. The Morgan fingerprint density at radius 1 is 0.833 bits per heavy atom. The van der Waals surface area contributed by atoms with E-state index >= 15 is 0 Å². The van der Waals surface area contributed by atoms with Gasteiger partial charge in [-0.1, -0.05) is 13.3 Å². The van der Waals surface area contributed by atoms with E-state index in [0.29, 0.717) is 0 Å². The van der Waals surface area contributed by atoms with Gasteiger partial charge in [0.1, 0.15) is 0 Å². The van der Waals surface area contributed by atoms with Gasteiger partial charge in [0.15, 0.2) is 0 Å². The van der Waals surface area contributed by atoms with Gasteiger partial charge >= 0.3 is 24.2 Å². The summed E-state index contributed by atoms with van der Waals surface area (Å²) in [4.78, 5) is 0. The van der Waals surface area contributed by atoms with E-state index in [0.717, 1.165) is 6.92 Å². The number of hydrogen-bond acceptors (Lipinski definition) is 0. The quantitative estimate of drug-likeness (QED) is 0.641. The van der Waals surface area contributed by atoms with Crippen molar-refractivity contribution in [3.63, 3.8) is 0 Å². The number of hydrogen-bond donors (Lipinski definition) is 0. The van der Waals surface area contributed by atoms with Crippen molar-refractivity contribution in [2.75, 3.05) is 0 Å². The molecule has 1 radical (unpaired) electrons. The van der Waals surface area contributed by atoms with Gasteiger partial charge in [-0.05, 0) is 0 Å². The van der Waals surface area contributed by atoms with Gasteiger partial charge in [-0.15, -0.1) is 0 Å². The van der Waals surface area contributed by atoms with E-state index in [9.17, 15) is 43.9 Å². The highest BCUT2D eigenvalue weighted by atomic mass is 19.4. The van der Waals surface area contributed by atoms with E-state index in [1.54, 1.807) is 0 Å². The minimum atomic E-state index is -6.91. The third-order valence-electron chi connectivity index (χ3n) is 2.12. The molecule has 18 heavy (non-hydrogen) atoms. The van der Waals surface area contributed by atoms with Crippen LogP contribution in [-0.2, 0) is 0 Å². The molecule has 0 N–H and O–H groups in total. The zero-order valence-corrected chi connectivity index (χ0v) is 8.69. The summed E-state index contributed by atoms with van der Waals surface area (Å²) in [6.45, 7) is 0.885. The number of halogens is 10. The lowest BCUT2D eigenvalue weighted by Crippen LogP contribution is -2.65. The molecule has 0 aromatic heterocycles. The lowest BCUT2D eigenvalue weighted by Gasteiger charge is -2.38. The maximum atomic E-state index is 13.1. The van der Waals surface area contributed by atoms with Crippen molar-refractivity contribution in [1.29, 1.82) is 0 Å². The molecular weight excluding hydrogens is 286 g/mol. The van der Waals surface area contributed by atoms with Crippen molar-refractivity contribution >= 4 is 0 Å². The van der Waals surface area contributed by atoms with E-state index in [2.05, 4.69) is 0 Å². The molecule has 1 unspecified atom stereocenters. The lowest BCUT2D eigenvalue weighted by molar-refractivity contribution is -0.368. The molecule has 0 heterocycles. The molecule has 0 rings (SSSR count). The topological polar surface area (TPSA) is 0 Å². The molecule has 10 heteroatoms. The first kappa shape index (κ1) is 17.3. The van der Waals surface area contributed by atoms with Crippen LogP contribution >= 0.6 is 0 Å². The van der Waals surface area contributed by atoms with Gasteiger partial charge in [-0.2, -0.15) is 30.7 Å². The highest BCUT2D eigenvalue weighted by Gasteiger charge is 2.84. The van der Waals surface area contributed by atoms with Crippen LogP contribution in [0.25, 0.3) is 0 Å². The van der Waals surface area contributed by atoms with Crippen LogP contribution < -0.4 is 0 Å². The van der Waals surface area contributed by atoms with E-state index in [4.69, 9.17) is 0 Å². The van der Waals surface area contributed by atoms with E-state index in [1.165, 1.54) is 0 Å². The van der Waals surface area contributed by atoms with Crippen molar-refractivity contribution in [2.45, 2.75) is 43.5 Å². The summed E-state index contributed by atoms with van der Waals surface area (Å²) in [5, 5.41) is 0. The molecule has 0 aromatic rings. The fourth-order valence-electron chi connectivity index (χ4n) is 1.17. The van der Waals surface area contributed by atoms with Gasteiger partial charge in [-0.3, -0.25) is 0 Å². The molecule has 0 bridgehead atoms. The molecule has 0 aliphatic heterocycles. The normalized spacial score (nSPS) is 18.0. The number of alkyl halides is 8. The zero-order valence-electron chi connectivity index (χ0n) is 8.69.